The first-order chi connectivity index (χ1) is 10.1. The van der Waals surface area contributed by atoms with Crippen LogP contribution >= 0.6 is 0 Å². The molecule has 2 heteroatoms. The van der Waals surface area contributed by atoms with E-state index in [1.165, 1.54) is 5.57 Å². The molecule has 0 N–H and O–H groups in total. The summed E-state index contributed by atoms with van der Waals surface area (Å²) in [6.45, 7) is 21.4. The second-order valence-corrected chi connectivity index (χ2v) is 9.80. The van der Waals surface area contributed by atoms with E-state index in [2.05, 4.69) is 53.7 Å². The number of hydrogen-bond donors (Lipinski definition) is 0. The highest BCUT2D eigenvalue weighted by Gasteiger charge is 2.36. The van der Waals surface area contributed by atoms with Gasteiger partial charge in [0.1, 0.15) is 5.60 Å². The molecular weight excluding hydrogens is 284 g/mol. The lowest BCUT2D eigenvalue weighted by Crippen LogP contribution is -2.35. The minimum atomic E-state index is -0.595. The van der Waals surface area contributed by atoms with Crippen molar-refractivity contribution >= 4 is 5.97 Å². The second kappa shape index (κ2) is 6.45. The first-order valence-electron chi connectivity index (χ1n) is 8.81. The quantitative estimate of drug-likeness (QED) is 0.602. The molecule has 1 aliphatic carbocycles. The van der Waals surface area contributed by atoms with Crippen molar-refractivity contribution in [1.82, 2.24) is 0 Å². The molecule has 2 nitrogen and oxygen atoms in total. The molecular formula is C21H36O2. The van der Waals surface area contributed by atoms with Gasteiger partial charge in [-0.05, 0) is 42.6 Å². The smallest absolute Gasteiger partial charge is 0.309 e. The molecule has 0 saturated carbocycles. The van der Waals surface area contributed by atoms with Crippen LogP contribution in [0.4, 0.5) is 0 Å². The summed E-state index contributed by atoms with van der Waals surface area (Å²) in [4.78, 5) is 12.1. The Hall–Kier alpha value is -1.05. The maximum absolute atomic E-state index is 12.1. The zero-order chi connectivity index (χ0) is 18.2. The molecule has 0 aromatic carbocycles. The van der Waals surface area contributed by atoms with E-state index in [4.69, 9.17) is 4.74 Å². The van der Waals surface area contributed by atoms with Crippen LogP contribution in [0, 0.1) is 22.7 Å². The fraction of sp³-hybridized carbons (Fsp3) is 0.762. The Bertz CT molecular complexity index is 505. The molecule has 0 heterocycles. The summed E-state index contributed by atoms with van der Waals surface area (Å²) in [5.41, 5.74) is 2.28. The van der Waals surface area contributed by atoms with Crippen LogP contribution in [-0.2, 0) is 9.53 Å². The van der Waals surface area contributed by atoms with Gasteiger partial charge in [-0.1, -0.05) is 73.1 Å². The maximum atomic E-state index is 12.1. The van der Waals surface area contributed by atoms with Crippen molar-refractivity contribution in [3.8, 4) is 0 Å². The lowest BCUT2D eigenvalue weighted by Gasteiger charge is -2.39. The maximum Gasteiger partial charge on any atom is 0.309 e. The average Bonchev–Trinajstić information content (AvgIpc) is 2.35. The summed E-state index contributed by atoms with van der Waals surface area (Å²) >= 11 is 0. The Morgan fingerprint density at radius 2 is 1.61 bits per heavy atom. The molecule has 132 valence electrons. The third-order valence-corrected chi connectivity index (χ3v) is 4.75. The van der Waals surface area contributed by atoms with Crippen LogP contribution in [0.15, 0.2) is 23.3 Å². The van der Waals surface area contributed by atoms with E-state index in [0.29, 0.717) is 5.92 Å². The molecule has 0 fully saturated rings. The third-order valence-electron chi connectivity index (χ3n) is 4.75. The normalized spacial score (nSPS) is 20.2. The predicted octanol–water partition coefficient (Wildman–Crippen LogP) is 5.93. The largest absolute Gasteiger partial charge is 0.455 e. The Morgan fingerprint density at radius 3 is 2.00 bits per heavy atom. The number of esters is 1. The number of ether oxygens (including phenoxy) is 1. The molecule has 1 rings (SSSR count). The summed E-state index contributed by atoms with van der Waals surface area (Å²) in [5, 5.41) is 0. The van der Waals surface area contributed by atoms with Crippen molar-refractivity contribution in [2.24, 2.45) is 22.7 Å². The molecule has 0 aromatic heterocycles. The first kappa shape index (κ1) is 20.0. The number of carbonyl (C=O) groups is 1. The Morgan fingerprint density at radius 1 is 1.09 bits per heavy atom. The molecule has 0 bridgehead atoms. The molecule has 1 unspecified atom stereocenters. The highest BCUT2D eigenvalue weighted by molar-refractivity contribution is 5.72. The minimum Gasteiger partial charge on any atom is -0.455 e. The zero-order valence-electron chi connectivity index (χ0n) is 16.8. The van der Waals surface area contributed by atoms with Crippen molar-refractivity contribution < 1.29 is 9.53 Å². The lowest BCUT2D eigenvalue weighted by atomic mass is 9.68. The van der Waals surface area contributed by atoms with Crippen LogP contribution in [0.25, 0.3) is 0 Å². The molecule has 0 aliphatic heterocycles. The standard InChI is InChI=1S/C21H36O2/c1-14(2)18(22)23-21(9,10)17-12-15(19(3,4)5)11-16(13-17)20(6,7)8/h12-15H,11H2,1-10H3. The van der Waals surface area contributed by atoms with Crippen molar-refractivity contribution in [2.75, 3.05) is 0 Å². The molecule has 1 aliphatic rings. The van der Waals surface area contributed by atoms with Gasteiger partial charge in [0.05, 0.1) is 5.92 Å². The predicted molar refractivity (Wildman–Crippen MR) is 98.2 cm³/mol. The van der Waals surface area contributed by atoms with E-state index >= 15 is 0 Å². The highest BCUT2D eigenvalue weighted by Crippen LogP contribution is 2.44. The van der Waals surface area contributed by atoms with Crippen LogP contribution < -0.4 is 0 Å². The minimum absolute atomic E-state index is 0.108. The lowest BCUT2D eigenvalue weighted by molar-refractivity contribution is -0.157. The second-order valence-electron chi connectivity index (χ2n) is 9.80. The van der Waals surface area contributed by atoms with Crippen LogP contribution in [0.3, 0.4) is 0 Å². The first-order valence-corrected chi connectivity index (χ1v) is 8.81. The van der Waals surface area contributed by atoms with E-state index < -0.39 is 5.60 Å². The van der Waals surface area contributed by atoms with Gasteiger partial charge in [-0.3, -0.25) is 4.79 Å². The topological polar surface area (TPSA) is 26.3 Å². The van der Waals surface area contributed by atoms with E-state index in [1.807, 2.05) is 27.7 Å². The van der Waals surface area contributed by atoms with Crippen LogP contribution in [0.2, 0.25) is 0 Å². The Balaban J connectivity index is 3.25. The fourth-order valence-corrected chi connectivity index (χ4v) is 2.69. The zero-order valence-corrected chi connectivity index (χ0v) is 16.8. The average molecular weight is 321 g/mol. The summed E-state index contributed by atoms with van der Waals surface area (Å²) < 4.78 is 5.81. The summed E-state index contributed by atoms with van der Waals surface area (Å²) in [6.07, 6.45) is 5.66. The summed E-state index contributed by atoms with van der Waals surface area (Å²) in [7, 11) is 0. The number of carbonyl (C=O) groups excluding carboxylic acids is 1. The SMILES string of the molecule is CC(C)C(=O)OC(C)(C)C1=CC(C(C)(C)C)CC(C(C)(C)C)=C1. The molecule has 0 spiro atoms. The van der Waals surface area contributed by atoms with E-state index in [-0.39, 0.29) is 22.7 Å². The van der Waals surface area contributed by atoms with Gasteiger partial charge in [-0.25, -0.2) is 0 Å². The molecule has 0 aromatic rings. The highest BCUT2D eigenvalue weighted by atomic mass is 16.6. The number of hydrogen-bond acceptors (Lipinski definition) is 2. The van der Waals surface area contributed by atoms with Crippen molar-refractivity contribution in [2.45, 2.75) is 81.3 Å². The van der Waals surface area contributed by atoms with Gasteiger partial charge in [0.25, 0.3) is 0 Å². The Labute approximate surface area is 143 Å². The van der Waals surface area contributed by atoms with Gasteiger partial charge in [0.15, 0.2) is 0 Å². The van der Waals surface area contributed by atoms with Crippen molar-refractivity contribution in [3.05, 3.63) is 23.3 Å². The van der Waals surface area contributed by atoms with Crippen molar-refractivity contribution in [3.63, 3.8) is 0 Å². The van der Waals surface area contributed by atoms with Gasteiger partial charge < -0.3 is 4.74 Å². The molecule has 23 heavy (non-hydrogen) atoms. The number of allylic oxidation sites excluding steroid dienone is 2. The van der Waals surface area contributed by atoms with Gasteiger partial charge in [0, 0.05) is 0 Å². The number of rotatable bonds is 3. The molecule has 0 radical (unpaired) electrons. The van der Waals surface area contributed by atoms with Crippen LogP contribution in [-0.4, -0.2) is 11.6 Å². The van der Waals surface area contributed by atoms with Gasteiger partial charge >= 0.3 is 5.97 Å². The molecule has 0 saturated heterocycles. The molecule has 1 atom stereocenters. The van der Waals surface area contributed by atoms with Gasteiger partial charge in [-0.15, -0.1) is 0 Å². The van der Waals surface area contributed by atoms with E-state index in [0.717, 1.165) is 12.0 Å². The summed E-state index contributed by atoms with van der Waals surface area (Å²) in [6, 6.07) is 0. The van der Waals surface area contributed by atoms with Crippen LogP contribution in [0.5, 0.6) is 0 Å². The Kier molecular flexibility index (Phi) is 5.61. The van der Waals surface area contributed by atoms with Gasteiger partial charge in [-0.2, -0.15) is 0 Å². The van der Waals surface area contributed by atoms with E-state index in [9.17, 15) is 4.79 Å². The fourth-order valence-electron chi connectivity index (χ4n) is 2.69. The van der Waals surface area contributed by atoms with Crippen molar-refractivity contribution in [1.29, 1.82) is 0 Å². The van der Waals surface area contributed by atoms with Crippen LogP contribution in [0.1, 0.15) is 75.7 Å². The monoisotopic (exact) mass is 320 g/mol. The third kappa shape index (κ3) is 5.22. The van der Waals surface area contributed by atoms with Gasteiger partial charge in [0.2, 0.25) is 0 Å². The molecule has 0 amide bonds. The van der Waals surface area contributed by atoms with E-state index in [1.54, 1.807) is 0 Å². The summed E-state index contributed by atoms with van der Waals surface area (Å²) in [5.74, 6) is 0.205.